The predicted molar refractivity (Wildman–Crippen MR) is 83.4 cm³/mol. The molecule has 2 heterocycles. The number of halogens is 2. The number of aryl methyl sites for hydroxylation is 1. The second kappa shape index (κ2) is 5.78. The Balaban J connectivity index is 1.63. The molecule has 1 atom stereocenters. The Kier molecular flexibility index (Phi) is 3.59. The first kappa shape index (κ1) is 14.9. The van der Waals surface area contributed by atoms with Gasteiger partial charge in [0.05, 0.1) is 5.69 Å². The van der Waals surface area contributed by atoms with Gasteiger partial charge < -0.3 is 14.4 Å². The van der Waals surface area contributed by atoms with Crippen LogP contribution in [0.1, 0.15) is 12.0 Å². The van der Waals surface area contributed by atoms with E-state index in [9.17, 15) is 13.6 Å². The molecule has 0 aliphatic carbocycles. The minimum Gasteiger partial charge on any atom is -0.485 e. The fourth-order valence-electron chi connectivity index (χ4n) is 3.19. The largest absolute Gasteiger partial charge is 0.485 e. The SMILES string of the molecule is O=C([C@H]1COc2ccccc2O1)N1CCCc2cc(F)cc(F)c21. The third-order valence-corrected chi connectivity index (χ3v) is 4.25. The highest BCUT2D eigenvalue weighted by Gasteiger charge is 2.35. The van der Waals surface area contributed by atoms with Crippen molar-refractivity contribution in [2.45, 2.75) is 18.9 Å². The topological polar surface area (TPSA) is 38.8 Å². The molecule has 4 nitrogen and oxygen atoms in total. The first-order chi connectivity index (χ1) is 11.6. The Morgan fingerprint density at radius 2 is 1.96 bits per heavy atom. The van der Waals surface area contributed by atoms with E-state index in [1.807, 2.05) is 6.07 Å². The summed E-state index contributed by atoms with van der Waals surface area (Å²) in [5.74, 6) is -0.675. The molecule has 0 unspecified atom stereocenters. The summed E-state index contributed by atoms with van der Waals surface area (Å²) in [7, 11) is 0. The highest BCUT2D eigenvalue weighted by Crippen LogP contribution is 2.34. The summed E-state index contributed by atoms with van der Waals surface area (Å²) in [4.78, 5) is 14.2. The van der Waals surface area contributed by atoms with E-state index in [-0.39, 0.29) is 18.2 Å². The summed E-state index contributed by atoms with van der Waals surface area (Å²) in [6.07, 6.45) is 0.333. The monoisotopic (exact) mass is 331 g/mol. The molecule has 0 saturated carbocycles. The van der Waals surface area contributed by atoms with Gasteiger partial charge in [-0.2, -0.15) is 0 Å². The minimum atomic E-state index is -0.852. The van der Waals surface area contributed by atoms with Gasteiger partial charge in [0.15, 0.2) is 11.5 Å². The van der Waals surface area contributed by atoms with Crippen molar-refractivity contribution in [3.05, 3.63) is 53.6 Å². The summed E-state index contributed by atoms with van der Waals surface area (Å²) in [6.45, 7) is 0.431. The van der Waals surface area contributed by atoms with E-state index in [2.05, 4.69) is 0 Å². The summed E-state index contributed by atoms with van der Waals surface area (Å²) in [6, 6.07) is 9.16. The predicted octanol–water partition coefficient (Wildman–Crippen LogP) is 3.08. The number of fused-ring (bicyclic) bond motifs is 2. The fraction of sp³-hybridized carbons (Fsp3) is 0.278. The minimum absolute atomic E-state index is 0.0600. The van der Waals surface area contributed by atoms with Gasteiger partial charge in [0, 0.05) is 12.6 Å². The lowest BCUT2D eigenvalue weighted by Crippen LogP contribution is -2.48. The van der Waals surface area contributed by atoms with Gasteiger partial charge in [-0.15, -0.1) is 0 Å². The van der Waals surface area contributed by atoms with E-state index in [0.717, 1.165) is 6.07 Å². The summed E-state index contributed by atoms with van der Waals surface area (Å²) in [5, 5.41) is 0. The second-order valence-corrected chi connectivity index (χ2v) is 5.85. The van der Waals surface area contributed by atoms with Crippen molar-refractivity contribution in [2.24, 2.45) is 0 Å². The molecule has 2 aliphatic heterocycles. The van der Waals surface area contributed by atoms with Crippen LogP contribution in [-0.4, -0.2) is 25.2 Å². The van der Waals surface area contributed by atoms with Gasteiger partial charge in [0.1, 0.15) is 18.2 Å². The van der Waals surface area contributed by atoms with Crippen molar-refractivity contribution < 1.29 is 23.0 Å². The van der Waals surface area contributed by atoms with Crippen LogP contribution >= 0.6 is 0 Å². The molecule has 0 saturated heterocycles. The molecule has 0 N–H and O–H groups in total. The van der Waals surface area contributed by atoms with Crippen LogP contribution in [0.2, 0.25) is 0 Å². The number of para-hydroxylation sites is 2. The smallest absolute Gasteiger partial charge is 0.271 e. The first-order valence-corrected chi connectivity index (χ1v) is 7.81. The Hall–Kier alpha value is -2.63. The standard InChI is InChI=1S/C18H15F2NO3/c19-12-8-11-4-3-7-21(17(11)13(20)9-12)18(22)16-10-23-14-5-1-2-6-15(14)24-16/h1-2,5-6,8-9,16H,3-4,7,10H2/t16-/m1/s1. The van der Waals surface area contributed by atoms with E-state index in [0.29, 0.717) is 36.4 Å². The van der Waals surface area contributed by atoms with Crippen molar-refractivity contribution in [2.75, 3.05) is 18.1 Å². The Bertz CT molecular complexity index is 809. The van der Waals surface area contributed by atoms with Gasteiger partial charge >= 0.3 is 0 Å². The maximum atomic E-state index is 14.2. The zero-order valence-corrected chi connectivity index (χ0v) is 12.8. The molecule has 2 aromatic carbocycles. The molecule has 6 heteroatoms. The fourth-order valence-corrected chi connectivity index (χ4v) is 3.19. The van der Waals surface area contributed by atoms with Crippen molar-refractivity contribution in [1.29, 1.82) is 0 Å². The van der Waals surface area contributed by atoms with E-state index < -0.39 is 17.7 Å². The van der Waals surface area contributed by atoms with E-state index >= 15 is 0 Å². The summed E-state index contributed by atoms with van der Waals surface area (Å²) >= 11 is 0. The third-order valence-electron chi connectivity index (χ3n) is 4.25. The molecule has 0 spiro atoms. The number of ether oxygens (including phenoxy) is 2. The average Bonchev–Trinajstić information content (AvgIpc) is 2.60. The molecule has 2 aliphatic rings. The molecular formula is C18H15F2NO3. The molecule has 24 heavy (non-hydrogen) atoms. The van der Waals surface area contributed by atoms with Gasteiger partial charge in [-0.1, -0.05) is 12.1 Å². The number of carbonyl (C=O) groups is 1. The maximum absolute atomic E-state index is 14.2. The normalized spacial score (nSPS) is 18.9. The van der Waals surface area contributed by atoms with Crippen LogP contribution in [0.25, 0.3) is 0 Å². The molecule has 0 radical (unpaired) electrons. The maximum Gasteiger partial charge on any atom is 0.271 e. The zero-order chi connectivity index (χ0) is 16.7. The molecule has 4 rings (SSSR count). The molecule has 1 amide bonds. The lowest BCUT2D eigenvalue weighted by molar-refractivity contribution is -0.127. The van der Waals surface area contributed by atoms with Crippen LogP contribution in [0.15, 0.2) is 36.4 Å². The van der Waals surface area contributed by atoms with Crippen molar-refractivity contribution >= 4 is 11.6 Å². The third kappa shape index (κ3) is 2.48. The van der Waals surface area contributed by atoms with Crippen LogP contribution in [0.4, 0.5) is 14.5 Å². The lowest BCUT2D eigenvalue weighted by atomic mass is 10.0. The molecule has 0 fully saturated rings. The van der Waals surface area contributed by atoms with Crippen molar-refractivity contribution in [3.8, 4) is 11.5 Å². The van der Waals surface area contributed by atoms with Crippen LogP contribution in [0, 0.1) is 11.6 Å². The Labute approximate surface area is 137 Å². The number of nitrogens with zero attached hydrogens (tertiary/aromatic N) is 1. The van der Waals surface area contributed by atoms with Crippen LogP contribution in [0.5, 0.6) is 11.5 Å². The van der Waals surface area contributed by atoms with Gasteiger partial charge in [0.25, 0.3) is 5.91 Å². The van der Waals surface area contributed by atoms with Crippen LogP contribution < -0.4 is 14.4 Å². The lowest BCUT2D eigenvalue weighted by Gasteiger charge is -2.34. The highest BCUT2D eigenvalue weighted by molar-refractivity contribution is 5.98. The molecule has 124 valence electrons. The van der Waals surface area contributed by atoms with Crippen LogP contribution in [-0.2, 0) is 11.2 Å². The van der Waals surface area contributed by atoms with Gasteiger partial charge in [-0.3, -0.25) is 4.79 Å². The number of amides is 1. The number of anilines is 1. The highest BCUT2D eigenvalue weighted by atomic mass is 19.1. The van der Waals surface area contributed by atoms with Gasteiger partial charge in [0.2, 0.25) is 6.10 Å². The number of rotatable bonds is 1. The zero-order valence-electron chi connectivity index (χ0n) is 12.8. The second-order valence-electron chi connectivity index (χ2n) is 5.85. The van der Waals surface area contributed by atoms with Gasteiger partial charge in [-0.05, 0) is 36.6 Å². The van der Waals surface area contributed by atoms with Crippen LogP contribution in [0.3, 0.4) is 0 Å². The summed E-state index contributed by atoms with van der Waals surface area (Å²) in [5.41, 5.74) is 0.652. The van der Waals surface area contributed by atoms with Crippen molar-refractivity contribution in [1.82, 2.24) is 0 Å². The Morgan fingerprint density at radius 1 is 1.17 bits per heavy atom. The molecule has 0 aromatic heterocycles. The van der Waals surface area contributed by atoms with Gasteiger partial charge in [-0.25, -0.2) is 8.78 Å². The molecule has 0 bridgehead atoms. The Morgan fingerprint density at radius 3 is 2.79 bits per heavy atom. The van der Waals surface area contributed by atoms with Crippen molar-refractivity contribution in [3.63, 3.8) is 0 Å². The number of carbonyl (C=O) groups excluding carboxylic acids is 1. The number of hydrogen-bond acceptors (Lipinski definition) is 3. The quantitative estimate of drug-likeness (QED) is 0.806. The summed E-state index contributed by atoms with van der Waals surface area (Å²) < 4.78 is 38.9. The first-order valence-electron chi connectivity index (χ1n) is 7.81. The molecule has 2 aromatic rings. The van der Waals surface area contributed by atoms with E-state index in [1.54, 1.807) is 18.2 Å². The average molecular weight is 331 g/mol. The number of benzene rings is 2. The van der Waals surface area contributed by atoms with E-state index in [4.69, 9.17) is 9.47 Å². The number of hydrogen-bond donors (Lipinski definition) is 0. The van der Waals surface area contributed by atoms with E-state index in [1.165, 1.54) is 11.0 Å². The molecular weight excluding hydrogens is 316 g/mol.